The summed E-state index contributed by atoms with van der Waals surface area (Å²) in [5.41, 5.74) is 0.909. The van der Waals surface area contributed by atoms with Crippen molar-refractivity contribution in [3.63, 3.8) is 0 Å². The Morgan fingerprint density at radius 1 is 1.17 bits per heavy atom. The first-order valence-corrected chi connectivity index (χ1v) is 11.2. The molecule has 1 unspecified atom stereocenters. The lowest BCUT2D eigenvalue weighted by molar-refractivity contribution is -0.132. The fourth-order valence-corrected chi connectivity index (χ4v) is 5.54. The van der Waals surface area contributed by atoms with Gasteiger partial charge in [-0.05, 0) is 56.0 Å². The van der Waals surface area contributed by atoms with Crippen LogP contribution in [0, 0.1) is 12.3 Å². The van der Waals surface area contributed by atoms with Crippen LogP contribution >= 0.6 is 0 Å². The molecular weight excluding hydrogens is 388 g/mol. The van der Waals surface area contributed by atoms with E-state index in [2.05, 4.69) is 5.32 Å². The molecule has 2 aromatic carbocycles. The van der Waals surface area contributed by atoms with E-state index in [-0.39, 0.29) is 12.5 Å². The minimum Gasteiger partial charge on any atom is -0.497 e. The minimum atomic E-state index is -3.63. The van der Waals surface area contributed by atoms with Crippen molar-refractivity contribution in [2.24, 2.45) is 5.41 Å². The second kappa shape index (κ2) is 8.55. The molecule has 2 aromatic rings. The summed E-state index contributed by atoms with van der Waals surface area (Å²) in [6.07, 6.45) is 1.30. The number of benzene rings is 2. The van der Waals surface area contributed by atoms with E-state index in [9.17, 15) is 13.2 Å². The Hall–Kier alpha value is -2.38. The molecule has 0 bridgehead atoms. The van der Waals surface area contributed by atoms with Gasteiger partial charge in [-0.2, -0.15) is 4.31 Å². The molecule has 1 fully saturated rings. The SMILES string of the molecule is COc1ccc(CNC(=O)C2(C)CCCN(S(=O)(=O)c3ccccc3C)C2)cc1. The van der Waals surface area contributed by atoms with E-state index >= 15 is 0 Å². The predicted molar refractivity (Wildman–Crippen MR) is 112 cm³/mol. The van der Waals surface area contributed by atoms with Gasteiger partial charge in [-0.25, -0.2) is 8.42 Å². The van der Waals surface area contributed by atoms with Gasteiger partial charge in [-0.15, -0.1) is 0 Å². The normalized spacial score (nSPS) is 20.2. The molecule has 1 amide bonds. The van der Waals surface area contributed by atoms with E-state index in [1.165, 1.54) is 4.31 Å². The Morgan fingerprint density at radius 2 is 1.86 bits per heavy atom. The summed E-state index contributed by atoms with van der Waals surface area (Å²) in [5.74, 6) is 0.634. The molecule has 3 rings (SSSR count). The van der Waals surface area contributed by atoms with Gasteiger partial charge >= 0.3 is 0 Å². The van der Waals surface area contributed by atoms with E-state index in [0.717, 1.165) is 11.3 Å². The van der Waals surface area contributed by atoms with Crippen LogP contribution in [0.1, 0.15) is 30.9 Å². The number of aryl methyl sites for hydroxylation is 1. The van der Waals surface area contributed by atoms with Crippen molar-refractivity contribution in [2.45, 2.75) is 38.1 Å². The summed E-state index contributed by atoms with van der Waals surface area (Å²) in [7, 11) is -2.02. The largest absolute Gasteiger partial charge is 0.497 e. The number of carbonyl (C=O) groups is 1. The van der Waals surface area contributed by atoms with Gasteiger partial charge in [0.1, 0.15) is 5.75 Å². The standard InChI is InChI=1S/C22H28N2O4S/c1-17-7-4-5-8-20(17)29(26,27)24-14-6-13-22(2,16-24)21(25)23-15-18-9-11-19(28-3)12-10-18/h4-5,7-12H,6,13-16H2,1-3H3,(H,23,25). The third-order valence-corrected chi connectivity index (χ3v) is 7.54. The Labute approximate surface area is 172 Å². The molecule has 1 N–H and O–H groups in total. The first kappa shape index (κ1) is 21.3. The molecule has 156 valence electrons. The van der Waals surface area contributed by atoms with E-state index in [0.29, 0.717) is 36.4 Å². The average molecular weight is 417 g/mol. The zero-order valence-electron chi connectivity index (χ0n) is 17.1. The Morgan fingerprint density at radius 3 is 2.52 bits per heavy atom. The predicted octanol–water partition coefficient (Wildman–Crippen LogP) is 3.11. The molecule has 29 heavy (non-hydrogen) atoms. The molecule has 0 saturated carbocycles. The van der Waals surface area contributed by atoms with Gasteiger partial charge in [-0.1, -0.05) is 30.3 Å². The van der Waals surface area contributed by atoms with Crippen LogP contribution in [0.25, 0.3) is 0 Å². The molecule has 7 heteroatoms. The number of methoxy groups -OCH3 is 1. The number of nitrogens with one attached hydrogen (secondary N) is 1. The van der Waals surface area contributed by atoms with Crippen LogP contribution in [0.2, 0.25) is 0 Å². The summed E-state index contributed by atoms with van der Waals surface area (Å²) in [5, 5.41) is 2.97. The number of hydrogen-bond donors (Lipinski definition) is 1. The summed E-state index contributed by atoms with van der Waals surface area (Å²) >= 11 is 0. The molecule has 0 radical (unpaired) electrons. The van der Waals surface area contributed by atoms with E-state index in [1.54, 1.807) is 32.2 Å². The molecule has 0 aliphatic carbocycles. The first-order valence-electron chi connectivity index (χ1n) is 9.73. The Balaban J connectivity index is 1.70. The molecule has 6 nitrogen and oxygen atoms in total. The topological polar surface area (TPSA) is 75.7 Å². The fourth-order valence-electron chi connectivity index (χ4n) is 3.71. The van der Waals surface area contributed by atoms with Crippen molar-refractivity contribution < 1.29 is 17.9 Å². The highest BCUT2D eigenvalue weighted by Crippen LogP contribution is 2.33. The van der Waals surface area contributed by atoms with Crippen molar-refractivity contribution in [1.29, 1.82) is 0 Å². The lowest BCUT2D eigenvalue weighted by Gasteiger charge is -2.38. The smallest absolute Gasteiger partial charge is 0.243 e. The van der Waals surface area contributed by atoms with Gasteiger partial charge in [0.2, 0.25) is 15.9 Å². The first-order chi connectivity index (χ1) is 13.8. The van der Waals surface area contributed by atoms with Gasteiger partial charge in [0.15, 0.2) is 0 Å². The zero-order chi connectivity index (χ0) is 21.1. The number of sulfonamides is 1. The monoisotopic (exact) mass is 416 g/mol. The van der Waals surface area contributed by atoms with E-state index in [4.69, 9.17) is 4.74 Å². The Kier molecular flexibility index (Phi) is 6.29. The van der Waals surface area contributed by atoms with Crippen LogP contribution in [0.5, 0.6) is 5.75 Å². The quantitative estimate of drug-likeness (QED) is 0.785. The lowest BCUT2D eigenvalue weighted by Crippen LogP contribution is -2.51. The maximum Gasteiger partial charge on any atom is 0.243 e. The number of piperidine rings is 1. The van der Waals surface area contributed by atoms with Crippen LogP contribution in [-0.4, -0.2) is 38.8 Å². The third-order valence-electron chi connectivity index (χ3n) is 5.53. The van der Waals surface area contributed by atoms with Crippen LogP contribution in [0.3, 0.4) is 0 Å². The second-order valence-corrected chi connectivity index (χ2v) is 9.71. The molecule has 1 heterocycles. The van der Waals surface area contributed by atoms with E-state index in [1.807, 2.05) is 37.3 Å². The number of nitrogens with zero attached hydrogens (tertiary/aromatic N) is 1. The average Bonchev–Trinajstić information content (AvgIpc) is 2.72. The van der Waals surface area contributed by atoms with Crippen molar-refractivity contribution in [3.8, 4) is 5.75 Å². The maximum absolute atomic E-state index is 13.1. The van der Waals surface area contributed by atoms with Gasteiger partial charge in [0.05, 0.1) is 17.4 Å². The van der Waals surface area contributed by atoms with Crippen LogP contribution in [0.15, 0.2) is 53.4 Å². The molecular formula is C22H28N2O4S. The molecule has 0 spiro atoms. The highest BCUT2D eigenvalue weighted by atomic mass is 32.2. The van der Waals surface area contributed by atoms with Gasteiger partial charge in [0.25, 0.3) is 0 Å². The fraction of sp³-hybridized carbons (Fsp3) is 0.409. The summed E-state index contributed by atoms with van der Waals surface area (Å²) in [6.45, 7) is 4.63. The number of rotatable bonds is 6. The highest BCUT2D eigenvalue weighted by molar-refractivity contribution is 7.89. The van der Waals surface area contributed by atoms with Crippen LogP contribution in [-0.2, 0) is 21.4 Å². The van der Waals surface area contributed by atoms with Gasteiger partial charge in [0, 0.05) is 19.6 Å². The minimum absolute atomic E-state index is 0.127. The number of carbonyl (C=O) groups excluding carboxylic acids is 1. The van der Waals surface area contributed by atoms with Crippen LogP contribution in [0.4, 0.5) is 0 Å². The third kappa shape index (κ3) is 4.62. The molecule has 1 atom stereocenters. The Bertz CT molecular complexity index is 973. The lowest BCUT2D eigenvalue weighted by atomic mass is 9.82. The molecule has 1 aliphatic heterocycles. The summed E-state index contributed by atoms with van der Waals surface area (Å²) in [6, 6.07) is 14.5. The van der Waals surface area contributed by atoms with Crippen molar-refractivity contribution in [1.82, 2.24) is 9.62 Å². The molecule has 0 aromatic heterocycles. The van der Waals surface area contributed by atoms with Crippen molar-refractivity contribution >= 4 is 15.9 Å². The van der Waals surface area contributed by atoms with Crippen molar-refractivity contribution in [3.05, 3.63) is 59.7 Å². The van der Waals surface area contributed by atoms with E-state index < -0.39 is 15.4 Å². The van der Waals surface area contributed by atoms with Crippen LogP contribution < -0.4 is 10.1 Å². The highest BCUT2D eigenvalue weighted by Gasteiger charge is 2.42. The maximum atomic E-state index is 13.1. The van der Waals surface area contributed by atoms with Crippen molar-refractivity contribution in [2.75, 3.05) is 20.2 Å². The zero-order valence-corrected chi connectivity index (χ0v) is 18.0. The van der Waals surface area contributed by atoms with Gasteiger partial charge in [-0.3, -0.25) is 4.79 Å². The summed E-state index contributed by atoms with van der Waals surface area (Å²) < 4.78 is 32.9. The number of hydrogen-bond acceptors (Lipinski definition) is 4. The number of amides is 1. The second-order valence-electron chi connectivity index (χ2n) is 7.80. The molecule has 1 aliphatic rings. The number of ether oxygens (including phenoxy) is 1. The summed E-state index contributed by atoms with van der Waals surface area (Å²) in [4.78, 5) is 13.2. The molecule has 1 saturated heterocycles. The van der Waals surface area contributed by atoms with Gasteiger partial charge < -0.3 is 10.1 Å².